The summed E-state index contributed by atoms with van der Waals surface area (Å²) in [5.41, 5.74) is -0.799. The van der Waals surface area contributed by atoms with Crippen molar-refractivity contribution in [3.05, 3.63) is 34.4 Å². The number of nitrogens with zero attached hydrogens (tertiary/aromatic N) is 3. The van der Waals surface area contributed by atoms with Crippen LogP contribution in [0.2, 0.25) is 0 Å². The van der Waals surface area contributed by atoms with Crippen molar-refractivity contribution in [3.63, 3.8) is 0 Å². The molecule has 0 bridgehead atoms. The number of hydrogen-bond donors (Lipinski definition) is 0. The molecule has 2 rings (SSSR count). The first-order chi connectivity index (χ1) is 11.4. The van der Waals surface area contributed by atoms with Gasteiger partial charge in [0.1, 0.15) is 11.3 Å². The number of nitro groups is 1. The Morgan fingerprint density at radius 3 is 2.42 bits per heavy atom. The van der Waals surface area contributed by atoms with Gasteiger partial charge in [-0.05, 0) is 31.9 Å². The number of carbonyl (C=O) groups excluding carboxylic acids is 1. The predicted octanol–water partition coefficient (Wildman–Crippen LogP) is 3.05. The second-order valence-electron chi connectivity index (χ2n) is 6.11. The van der Waals surface area contributed by atoms with Crippen LogP contribution in [0.5, 0.6) is 5.75 Å². The van der Waals surface area contributed by atoms with Crippen molar-refractivity contribution in [1.82, 2.24) is 4.90 Å². The molecule has 0 heterocycles. The van der Waals surface area contributed by atoms with Crippen molar-refractivity contribution in [3.8, 4) is 11.8 Å². The van der Waals surface area contributed by atoms with Gasteiger partial charge in [-0.25, -0.2) is 0 Å². The molecule has 1 fully saturated rings. The molecule has 0 spiro atoms. The molecule has 7 heteroatoms. The lowest BCUT2D eigenvalue weighted by molar-refractivity contribution is -0.384. The summed E-state index contributed by atoms with van der Waals surface area (Å²) in [5, 5.41) is 20.2. The van der Waals surface area contributed by atoms with Gasteiger partial charge < -0.3 is 9.64 Å². The van der Waals surface area contributed by atoms with Gasteiger partial charge in [-0.2, -0.15) is 5.26 Å². The standard InChI is InChI=1S/C17H21N3O4/c1-13(24-15-8-6-14(7-9-15)20(22)23)16(21)19(2)17(12-18)10-4-3-5-11-17/h6-9,13H,3-5,10-11H2,1-2H3. The van der Waals surface area contributed by atoms with Gasteiger partial charge in [0, 0.05) is 19.2 Å². The van der Waals surface area contributed by atoms with Crippen molar-refractivity contribution in [2.45, 2.75) is 50.7 Å². The Kier molecular flexibility index (Phi) is 5.39. The number of benzene rings is 1. The monoisotopic (exact) mass is 331 g/mol. The molecule has 0 aromatic heterocycles. The van der Waals surface area contributed by atoms with Crippen molar-refractivity contribution in [2.24, 2.45) is 0 Å². The molecule has 0 aliphatic heterocycles. The van der Waals surface area contributed by atoms with E-state index in [9.17, 15) is 20.2 Å². The minimum absolute atomic E-state index is 0.0379. The Morgan fingerprint density at radius 2 is 1.92 bits per heavy atom. The normalized spacial score (nSPS) is 17.4. The van der Waals surface area contributed by atoms with Crippen molar-refractivity contribution in [2.75, 3.05) is 7.05 Å². The molecule has 1 amide bonds. The van der Waals surface area contributed by atoms with E-state index in [1.54, 1.807) is 14.0 Å². The van der Waals surface area contributed by atoms with Crippen molar-refractivity contribution >= 4 is 11.6 Å². The summed E-state index contributed by atoms with van der Waals surface area (Å²) in [6.45, 7) is 1.62. The third-order valence-electron chi connectivity index (χ3n) is 4.57. The number of likely N-dealkylation sites (N-methyl/N-ethyl adjacent to an activating group) is 1. The van der Waals surface area contributed by atoms with Crippen LogP contribution in [0, 0.1) is 21.4 Å². The van der Waals surface area contributed by atoms with E-state index < -0.39 is 16.6 Å². The molecule has 1 aromatic rings. The maximum Gasteiger partial charge on any atom is 0.269 e. The number of amides is 1. The Hall–Kier alpha value is -2.62. The lowest BCUT2D eigenvalue weighted by Crippen LogP contribution is -2.53. The highest BCUT2D eigenvalue weighted by atomic mass is 16.6. The first-order valence-electron chi connectivity index (χ1n) is 8.00. The van der Waals surface area contributed by atoms with Crippen LogP contribution in [0.1, 0.15) is 39.0 Å². The SMILES string of the molecule is CC(Oc1ccc([N+](=O)[O-])cc1)C(=O)N(C)C1(C#N)CCCCC1. The molecule has 0 radical (unpaired) electrons. The predicted molar refractivity (Wildman–Crippen MR) is 87.4 cm³/mol. The number of nitriles is 1. The van der Waals surface area contributed by atoms with Crippen LogP contribution in [0.15, 0.2) is 24.3 Å². The molecule has 1 atom stereocenters. The van der Waals surface area contributed by atoms with E-state index in [0.29, 0.717) is 18.6 Å². The quantitative estimate of drug-likeness (QED) is 0.610. The van der Waals surface area contributed by atoms with Gasteiger partial charge in [-0.3, -0.25) is 14.9 Å². The number of nitro benzene ring substituents is 1. The van der Waals surface area contributed by atoms with E-state index in [0.717, 1.165) is 19.3 Å². The molecule has 128 valence electrons. The lowest BCUT2D eigenvalue weighted by Gasteiger charge is -2.40. The molecule has 1 aliphatic rings. The van der Waals surface area contributed by atoms with Crippen molar-refractivity contribution < 1.29 is 14.5 Å². The Bertz CT molecular complexity index is 645. The summed E-state index contributed by atoms with van der Waals surface area (Å²) in [5.74, 6) is 0.112. The molecule has 24 heavy (non-hydrogen) atoms. The van der Waals surface area contributed by atoms with Gasteiger partial charge >= 0.3 is 0 Å². The average Bonchev–Trinajstić information content (AvgIpc) is 2.61. The molecule has 0 saturated heterocycles. The van der Waals surface area contributed by atoms with E-state index in [4.69, 9.17) is 4.74 Å². The van der Waals surface area contributed by atoms with Gasteiger partial charge in [-0.1, -0.05) is 19.3 Å². The van der Waals surface area contributed by atoms with Gasteiger partial charge in [-0.15, -0.1) is 0 Å². The van der Waals surface area contributed by atoms with Crippen LogP contribution >= 0.6 is 0 Å². The van der Waals surface area contributed by atoms with Crippen LogP contribution in [0.4, 0.5) is 5.69 Å². The van der Waals surface area contributed by atoms with Crippen LogP contribution in [0.25, 0.3) is 0 Å². The Balaban J connectivity index is 2.05. The van der Waals surface area contributed by atoms with Crippen LogP contribution < -0.4 is 4.74 Å². The summed E-state index contributed by atoms with van der Waals surface area (Å²) >= 11 is 0. The lowest BCUT2D eigenvalue weighted by atomic mass is 9.81. The fourth-order valence-electron chi connectivity index (χ4n) is 3.04. The highest BCUT2D eigenvalue weighted by Gasteiger charge is 2.40. The van der Waals surface area contributed by atoms with E-state index in [2.05, 4.69) is 6.07 Å². The van der Waals surface area contributed by atoms with Crippen LogP contribution in [0.3, 0.4) is 0 Å². The van der Waals surface area contributed by atoms with E-state index >= 15 is 0 Å². The van der Waals surface area contributed by atoms with Gasteiger partial charge in [0.25, 0.3) is 11.6 Å². The van der Waals surface area contributed by atoms with E-state index in [1.807, 2.05) is 0 Å². The summed E-state index contributed by atoms with van der Waals surface area (Å²) in [7, 11) is 1.65. The smallest absolute Gasteiger partial charge is 0.269 e. The Labute approximate surface area is 141 Å². The second-order valence-corrected chi connectivity index (χ2v) is 6.11. The van der Waals surface area contributed by atoms with E-state index in [-0.39, 0.29) is 11.6 Å². The first kappa shape index (κ1) is 17.7. The topological polar surface area (TPSA) is 96.5 Å². The largest absolute Gasteiger partial charge is 0.481 e. The zero-order valence-corrected chi connectivity index (χ0v) is 13.9. The maximum atomic E-state index is 12.6. The summed E-state index contributed by atoms with van der Waals surface area (Å²) in [6.07, 6.45) is 3.53. The summed E-state index contributed by atoms with van der Waals surface area (Å²) in [4.78, 5) is 24.3. The van der Waals surface area contributed by atoms with Gasteiger partial charge in [0.2, 0.25) is 0 Å². The van der Waals surface area contributed by atoms with Crippen LogP contribution in [-0.4, -0.2) is 34.4 Å². The Morgan fingerprint density at radius 1 is 1.33 bits per heavy atom. The fourth-order valence-corrected chi connectivity index (χ4v) is 3.04. The number of carbonyl (C=O) groups is 1. The third kappa shape index (κ3) is 3.65. The highest BCUT2D eigenvalue weighted by molar-refractivity contribution is 5.82. The molecule has 7 nitrogen and oxygen atoms in total. The first-order valence-corrected chi connectivity index (χ1v) is 8.00. The molecule has 1 aliphatic carbocycles. The van der Waals surface area contributed by atoms with Crippen LogP contribution in [-0.2, 0) is 4.79 Å². The highest BCUT2D eigenvalue weighted by Crippen LogP contribution is 2.33. The molecule has 0 N–H and O–H groups in total. The number of rotatable bonds is 5. The number of ether oxygens (including phenoxy) is 1. The van der Waals surface area contributed by atoms with Gasteiger partial charge in [0.05, 0.1) is 11.0 Å². The van der Waals surface area contributed by atoms with E-state index in [1.165, 1.54) is 29.2 Å². The minimum atomic E-state index is -0.774. The molecule has 1 aromatic carbocycles. The zero-order chi connectivity index (χ0) is 17.7. The van der Waals surface area contributed by atoms with Crippen molar-refractivity contribution in [1.29, 1.82) is 5.26 Å². The molecule has 1 unspecified atom stereocenters. The minimum Gasteiger partial charge on any atom is -0.481 e. The number of hydrogen-bond acceptors (Lipinski definition) is 5. The molecule has 1 saturated carbocycles. The van der Waals surface area contributed by atoms with Gasteiger partial charge in [0.15, 0.2) is 6.10 Å². The molecular weight excluding hydrogens is 310 g/mol. The summed E-state index contributed by atoms with van der Waals surface area (Å²) < 4.78 is 5.59. The third-order valence-corrected chi connectivity index (χ3v) is 4.57. The zero-order valence-electron chi connectivity index (χ0n) is 13.9. The maximum absolute atomic E-state index is 12.6. The fraction of sp³-hybridized carbons (Fsp3) is 0.529. The second kappa shape index (κ2) is 7.30. The summed E-state index contributed by atoms with van der Waals surface area (Å²) in [6, 6.07) is 7.89. The average molecular weight is 331 g/mol. The number of non-ortho nitro benzene ring substituents is 1. The molecular formula is C17H21N3O4.